The van der Waals surface area contributed by atoms with Crippen LogP contribution in [0, 0.1) is 5.92 Å². The van der Waals surface area contributed by atoms with E-state index in [9.17, 15) is 8.42 Å². The lowest BCUT2D eigenvalue weighted by molar-refractivity contribution is 0.357. The number of aryl methyl sites for hydroxylation is 1. The molecule has 1 fully saturated rings. The Labute approximate surface area is 121 Å². The maximum Gasteiger partial charge on any atom is 0.246 e. The molecule has 0 saturated heterocycles. The van der Waals surface area contributed by atoms with Gasteiger partial charge in [-0.25, -0.2) is 8.42 Å². The van der Waals surface area contributed by atoms with Crippen LogP contribution in [0.4, 0.5) is 0 Å². The van der Waals surface area contributed by atoms with Gasteiger partial charge in [0.25, 0.3) is 0 Å². The van der Waals surface area contributed by atoms with Crippen molar-refractivity contribution in [2.45, 2.75) is 43.7 Å². The molecule has 1 aromatic rings. The summed E-state index contributed by atoms with van der Waals surface area (Å²) in [6, 6.07) is 0.0626. The first-order chi connectivity index (χ1) is 9.46. The van der Waals surface area contributed by atoms with Crippen molar-refractivity contribution in [3.8, 4) is 0 Å². The highest BCUT2D eigenvalue weighted by molar-refractivity contribution is 7.89. The molecule has 0 aromatic carbocycles. The fourth-order valence-electron chi connectivity index (χ4n) is 2.28. The van der Waals surface area contributed by atoms with Crippen molar-refractivity contribution in [2.75, 3.05) is 20.6 Å². The van der Waals surface area contributed by atoms with E-state index in [0.29, 0.717) is 5.92 Å². The molecular weight excluding hydrogens is 276 g/mol. The Balaban J connectivity index is 2.05. The minimum Gasteiger partial charge on any atom is -0.320 e. The van der Waals surface area contributed by atoms with Crippen LogP contribution >= 0.6 is 0 Å². The van der Waals surface area contributed by atoms with E-state index < -0.39 is 10.0 Å². The van der Waals surface area contributed by atoms with E-state index in [1.807, 2.05) is 14.0 Å². The smallest absolute Gasteiger partial charge is 0.246 e. The number of nitrogens with zero attached hydrogens (tertiary/aromatic N) is 3. The van der Waals surface area contributed by atoms with E-state index >= 15 is 0 Å². The maximum absolute atomic E-state index is 12.5. The molecule has 1 aliphatic carbocycles. The minimum atomic E-state index is -3.42. The van der Waals surface area contributed by atoms with Gasteiger partial charge >= 0.3 is 0 Å². The van der Waals surface area contributed by atoms with Gasteiger partial charge in [-0.1, -0.05) is 0 Å². The summed E-state index contributed by atoms with van der Waals surface area (Å²) in [7, 11) is 0.141. The number of sulfonamides is 1. The fraction of sp³-hybridized carbons (Fsp3) is 0.769. The molecule has 1 saturated carbocycles. The highest BCUT2D eigenvalue weighted by Gasteiger charge is 2.36. The Hall–Kier alpha value is -0.920. The van der Waals surface area contributed by atoms with Crippen LogP contribution in [0.25, 0.3) is 0 Å². The van der Waals surface area contributed by atoms with Gasteiger partial charge in [-0.15, -0.1) is 0 Å². The van der Waals surface area contributed by atoms with Gasteiger partial charge in [0.05, 0.1) is 6.20 Å². The summed E-state index contributed by atoms with van der Waals surface area (Å²) in [6.07, 6.45) is 6.26. The third-order valence-electron chi connectivity index (χ3n) is 3.98. The van der Waals surface area contributed by atoms with Gasteiger partial charge in [0.15, 0.2) is 0 Å². The zero-order chi connectivity index (χ0) is 14.8. The van der Waals surface area contributed by atoms with Gasteiger partial charge in [-0.2, -0.15) is 9.40 Å². The second kappa shape index (κ2) is 6.24. The zero-order valence-electron chi connectivity index (χ0n) is 12.4. The molecule has 20 heavy (non-hydrogen) atoms. The molecule has 114 valence electrons. The Morgan fingerprint density at radius 3 is 2.85 bits per heavy atom. The summed E-state index contributed by atoms with van der Waals surface area (Å²) in [4.78, 5) is 0.289. The van der Waals surface area contributed by atoms with Crippen molar-refractivity contribution < 1.29 is 8.42 Å². The Morgan fingerprint density at radius 2 is 2.25 bits per heavy atom. The number of nitrogens with one attached hydrogen (secondary N) is 1. The van der Waals surface area contributed by atoms with E-state index in [0.717, 1.165) is 32.4 Å². The Kier molecular flexibility index (Phi) is 4.82. The molecule has 0 radical (unpaired) electrons. The normalized spacial score (nSPS) is 17.6. The summed E-state index contributed by atoms with van der Waals surface area (Å²) >= 11 is 0. The lowest BCUT2D eigenvalue weighted by atomic mass is 10.2. The summed E-state index contributed by atoms with van der Waals surface area (Å²) in [5, 5.41) is 7.20. The highest BCUT2D eigenvalue weighted by atomic mass is 32.2. The average molecular weight is 300 g/mol. The molecule has 1 N–H and O–H groups in total. The third kappa shape index (κ3) is 3.39. The predicted molar refractivity (Wildman–Crippen MR) is 77.9 cm³/mol. The SMILES string of the molecule is CNCCCn1cc(S(=O)(=O)N(C)C(C)C2CC2)cn1. The first-order valence-corrected chi connectivity index (χ1v) is 8.56. The highest BCUT2D eigenvalue weighted by Crippen LogP contribution is 2.36. The molecule has 0 bridgehead atoms. The molecule has 0 spiro atoms. The second-order valence-corrected chi connectivity index (χ2v) is 7.49. The molecule has 1 unspecified atom stereocenters. The van der Waals surface area contributed by atoms with Gasteiger partial charge in [0.1, 0.15) is 4.90 Å². The molecule has 1 heterocycles. The van der Waals surface area contributed by atoms with Gasteiger partial charge in [0, 0.05) is 25.8 Å². The molecule has 1 atom stereocenters. The fourth-order valence-corrected chi connectivity index (χ4v) is 3.66. The molecule has 6 nitrogen and oxygen atoms in total. The van der Waals surface area contributed by atoms with Gasteiger partial charge in [0.2, 0.25) is 10.0 Å². The van der Waals surface area contributed by atoms with E-state index in [4.69, 9.17) is 0 Å². The van der Waals surface area contributed by atoms with Crippen LogP contribution in [-0.2, 0) is 16.6 Å². The summed E-state index contributed by atoms with van der Waals surface area (Å²) in [6.45, 7) is 3.59. The molecular formula is C13H24N4O2S. The standard InChI is InChI=1S/C13H24N4O2S/c1-11(12-5-6-12)16(3)20(18,19)13-9-15-17(10-13)8-4-7-14-2/h9-12,14H,4-8H2,1-3H3. The summed E-state index contributed by atoms with van der Waals surface area (Å²) < 4.78 is 28.2. The topological polar surface area (TPSA) is 67.2 Å². The van der Waals surface area contributed by atoms with Crippen molar-refractivity contribution in [3.05, 3.63) is 12.4 Å². The van der Waals surface area contributed by atoms with Crippen LogP contribution in [-0.4, -0.2) is 49.2 Å². The summed E-state index contributed by atoms with van der Waals surface area (Å²) in [5.74, 6) is 0.514. The van der Waals surface area contributed by atoms with E-state index in [1.54, 1.807) is 17.9 Å². The van der Waals surface area contributed by atoms with Crippen LogP contribution in [0.5, 0.6) is 0 Å². The van der Waals surface area contributed by atoms with Crippen LogP contribution in [0.3, 0.4) is 0 Å². The van der Waals surface area contributed by atoms with Gasteiger partial charge in [-0.3, -0.25) is 4.68 Å². The average Bonchev–Trinajstić information content (AvgIpc) is 3.16. The van der Waals surface area contributed by atoms with Crippen molar-refractivity contribution >= 4 is 10.0 Å². The predicted octanol–water partition coefficient (Wildman–Crippen LogP) is 0.912. The number of rotatable bonds is 8. The molecule has 0 aliphatic heterocycles. The monoisotopic (exact) mass is 300 g/mol. The summed E-state index contributed by atoms with van der Waals surface area (Å²) in [5.41, 5.74) is 0. The third-order valence-corrected chi connectivity index (χ3v) is 5.88. The van der Waals surface area contributed by atoms with Gasteiger partial charge in [-0.05, 0) is 45.7 Å². The second-order valence-electron chi connectivity index (χ2n) is 5.50. The van der Waals surface area contributed by atoms with E-state index in [2.05, 4.69) is 10.4 Å². The number of aromatic nitrogens is 2. The zero-order valence-corrected chi connectivity index (χ0v) is 13.2. The van der Waals surface area contributed by atoms with E-state index in [-0.39, 0.29) is 10.9 Å². The van der Waals surface area contributed by atoms with Gasteiger partial charge < -0.3 is 5.32 Å². The van der Waals surface area contributed by atoms with Crippen molar-refractivity contribution in [2.24, 2.45) is 5.92 Å². The lowest BCUT2D eigenvalue weighted by Gasteiger charge is -2.23. The number of hydrogen-bond donors (Lipinski definition) is 1. The molecule has 7 heteroatoms. The Bertz CT molecular complexity index is 536. The van der Waals surface area contributed by atoms with Crippen molar-refractivity contribution in [1.29, 1.82) is 0 Å². The quantitative estimate of drug-likeness (QED) is 0.725. The molecule has 1 aliphatic rings. The first-order valence-electron chi connectivity index (χ1n) is 7.12. The van der Waals surface area contributed by atoms with Crippen LogP contribution < -0.4 is 5.32 Å². The molecule has 2 rings (SSSR count). The van der Waals surface area contributed by atoms with Crippen LogP contribution in [0.15, 0.2) is 17.3 Å². The van der Waals surface area contributed by atoms with Crippen LogP contribution in [0.1, 0.15) is 26.2 Å². The van der Waals surface area contributed by atoms with Crippen molar-refractivity contribution in [1.82, 2.24) is 19.4 Å². The largest absolute Gasteiger partial charge is 0.320 e. The Morgan fingerprint density at radius 1 is 1.55 bits per heavy atom. The maximum atomic E-state index is 12.5. The molecule has 1 aromatic heterocycles. The lowest BCUT2D eigenvalue weighted by Crippen LogP contribution is -2.36. The van der Waals surface area contributed by atoms with Crippen LogP contribution in [0.2, 0.25) is 0 Å². The minimum absolute atomic E-state index is 0.0626. The van der Waals surface area contributed by atoms with Crippen molar-refractivity contribution in [3.63, 3.8) is 0 Å². The number of hydrogen-bond acceptors (Lipinski definition) is 4. The first kappa shape index (κ1) is 15.5. The molecule has 0 amide bonds. The van der Waals surface area contributed by atoms with E-state index in [1.165, 1.54) is 10.5 Å².